The van der Waals surface area contributed by atoms with Gasteiger partial charge in [0, 0.05) is 29.7 Å². The molecule has 27 heavy (non-hydrogen) atoms. The summed E-state index contributed by atoms with van der Waals surface area (Å²) >= 11 is 6.02. The van der Waals surface area contributed by atoms with Gasteiger partial charge in [-0.2, -0.15) is 0 Å². The molecule has 0 amide bonds. The third-order valence-electron chi connectivity index (χ3n) is 5.86. The van der Waals surface area contributed by atoms with Gasteiger partial charge in [0.1, 0.15) is 5.73 Å². The summed E-state index contributed by atoms with van der Waals surface area (Å²) in [6.45, 7) is 9.82. The number of halogens is 2. The molecule has 0 radical (unpaired) electrons. The van der Waals surface area contributed by atoms with E-state index in [0.29, 0.717) is 17.1 Å². The van der Waals surface area contributed by atoms with E-state index in [-0.39, 0.29) is 11.8 Å². The second-order valence-electron chi connectivity index (χ2n) is 8.56. The fraction of sp³-hybridized carbons (Fsp3) is 0.600. The molecule has 1 atom stereocenters. The summed E-state index contributed by atoms with van der Waals surface area (Å²) in [7, 11) is -1.01. The molecule has 0 aliphatic carbocycles. The van der Waals surface area contributed by atoms with Gasteiger partial charge in [-0.05, 0) is 64.8 Å². The van der Waals surface area contributed by atoms with Gasteiger partial charge in [0.05, 0.1) is 11.2 Å². The van der Waals surface area contributed by atoms with Crippen LogP contribution in [0.5, 0.6) is 0 Å². The van der Waals surface area contributed by atoms with Gasteiger partial charge in [-0.25, -0.2) is 4.39 Å². The number of rotatable bonds is 4. The average molecular weight is 395 g/mol. The summed E-state index contributed by atoms with van der Waals surface area (Å²) in [6, 6.07) is 7.36. The van der Waals surface area contributed by atoms with Crippen LogP contribution in [-0.2, 0) is 9.31 Å². The van der Waals surface area contributed by atoms with Crippen LogP contribution in [0.4, 0.5) is 4.39 Å². The second-order valence-corrected chi connectivity index (χ2v) is 9.00. The van der Waals surface area contributed by atoms with Gasteiger partial charge in [0.2, 0.25) is 0 Å². The van der Waals surface area contributed by atoms with Crippen molar-refractivity contribution in [2.24, 2.45) is 5.73 Å². The maximum Gasteiger partial charge on any atom is 0.525 e. The van der Waals surface area contributed by atoms with E-state index in [9.17, 15) is 0 Å². The fourth-order valence-electron chi connectivity index (χ4n) is 3.50. The molecule has 148 valence electrons. The number of piperidine rings is 1. The smallest absolute Gasteiger partial charge is 0.398 e. The number of hydrogen-bond acceptors (Lipinski definition) is 4. The van der Waals surface area contributed by atoms with Crippen molar-refractivity contribution in [2.75, 3.05) is 19.6 Å². The Kier molecular flexibility index (Phi) is 6.04. The molecule has 7 heteroatoms. The Hall–Kier alpha value is -0.915. The standard InChI is InChI=1S/C20H29BClFN2O2/c1-19(2)20(3,4)27-21(26-19)18(23)17(14-7-9-15(22)10-8-14)13-25-11-5-6-16(24)12-25/h7-10,16H,5-6,11-13,24H2,1-4H3. The van der Waals surface area contributed by atoms with E-state index in [1.165, 1.54) is 0 Å². The molecular formula is C20H29BClFN2O2. The molecule has 2 aliphatic heterocycles. The van der Waals surface area contributed by atoms with Crippen molar-refractivity contribution >= 4 is 24.3 Å². The van der Waals surface area contributed by atoms with Crippen LogP contribution in [0.2, 0.25) is 5.02 Å². The lowest BCUT2D eigenvalue weighted by Crippen LogP contribution is -2.43. The number of nitrogens with zero attached hydrogens (tertiary/aromatic N) is 1. The van der Waals surface area contributed by atoms with Crippen molar-refractivity contribution in [2.45, 2.75) is 57.8 Å². The van der Waals surface area contributed by atoms with Gasteiger partial charge in [0.25, 0.3) is 0 Å². The largest absolute Gasteiger partial charge is 0.525 e. The zero-order valence-corrected chi connectivity index (χ0v) is 17.4. The van der Waals surface area contributed by atoms with Crippen LogP contribution in [0.3, 0.4) is 0 Å². The molecule has 1 unspecified atom stereocenters. The molecule has 1 aromatic carbocycles. The van der Waals surface area contributed by atoms with E-state index in [0.717, 1.165) is 31.5 Å². The lowest BCUT2D eigenvalue weighted by atomic mass is 9.82. The van der Waals surface area contributed by atoms with Crippen LogP contribution >= 0.6 is 11.6 Å². The maximum absolute atomic E-state index is 15.6. The van der Waals surface area contributed by atoms with Gasteiger partial charge in [-0.15, -0.1) is 0 Å². The zero-order chi connectivity index (χ0) is 19.8. The van der Waals surface area contributed by atoms with Gasteiger partial charge in [-0.1, -0.05) is 23.7 Å². The summed E-state index contributed by atoms with van der Waals surface area (Å²) in [4.78, 5) is 2.20. The topological polar surface area (TPSA) is 47.7 Å². The Balaban J connectivity index is 1.93. The highest BCUT2D eigenvalue weighted by Gasteiger charge is 2.53. The van der Waals surface area contributed by atoms with Crippen molar-refractivity contribution in [1.29, 1.82) is 0 Å². The van der Waals surface area contributed by atoms with Crippen molar-refractivity contribution in [3.63, 3.8) is 0 Å². The van der Waals surface area contributed by atoms with Crippen molar-refractivity contribution in [3.8, 4) is 0 Å². The molecule has 0 bridgehead atoms. The van der Waals surface area contributed by atoms with Crippen LogP contribution in [-0.4, -0.2) is 48.9 Å². The first-order chi connectivity index (χ1) is 12.6. The predicted octanol–water partition coefficient (Wildman–Crippen LogP) is 4.08. The van der Waals surface area contributed by atoms with Crippen molar-refractivity contribution in [3.05, 3.63) is 40.6 Å². The summed E-state index contributed by atoms with van der Waals surface area (Å²) in [5.74, 6) is 0. The Labute approximate surface area is 167 Å². The Morgan fingerprint density at radius 3 is 2.37 bits per heavy atom. The van der Waals surface area contributed by atoms with E-state index in [1.54, 1.807) is 12.1 Å². The first-order valence-corrected chi connectivity index (χ1v) is 9.95. The van der Waals surface area contributed by atoms with E-state index >= 15 is 4.39 Å². The Morgan fingerprint density at radius 2 is 1.81 bits per heavy atom. The van der Waals surface area contributed by atoms with E-state index < -0.39 is 18.3 Å². The van der Waals surface area contributed by atoms with Gasteiger partial charge >= 0.3 is 7.12 Å². The summed E-state index contributed by atoms with van der Waals surface area (Å²) in [5.41, 5.74) is 5.90. The van der Waals surface area contributed by atoms with Gasteiger partial charge in [0.15, 0.2) is 0 Å². The molecule has 0 aromatic heterocycles. The molecule has 0 spiro atoms. The second kappa shape index (κ2) is 7.84. The minimum Gasteiger partial charge on any atom is -0.398 e. The SMILES string of the molecule is CC1(C)OB(C(F)=C(CN2CCCC(N)C2)c2ccc(Cl)cc2)OC1(C)C. The number of nitrogens with two attached hydrogens (primary N) is 1. The molecule has 2 aliphatic rings. The highest BCUT2D eigenvalue weighted by atomic mass is 35.5. The molecule has 1 aromatic rings. The maximum atomic E-state index is 15.6. The van der Waals surface area contributed by atoms with Crippen molar-refractivity contribution in [1.82, 2.24) is 4.90 Å². The lowest BCUT2D eigenvalue weighted by molar-refractivity contribution is 0.00578. The van der Waals surface area contributed by atoms with E-state index in [2.05, 4.69) is 4.90 Å². The molecule has 2 heterocycles. The normalized spacial score (nSPS) is 26.2. The third kappa shape index (κ3) is 4.57. The number of likely N-dealkylation sites (tertiary alicyclic amines) is 1. The fourth-order valence-corrected chi connectivity index (χ4v) is 3.63. The molecule has 3 rings (SSSR count). The first-order valence-electron chi connectivity index (χ1n) is 9.57. The number of hydrogen-bond donors (Lipinski definition) is 1. The van der Waals surface area contributed by atoms with E-state index in [1.807, 2.05) is 39.8 Å². The summed E-state index contributed by atoms with van der Waals surface area (Å²) in [5, 5.41) is 0.620. The third-order valence-corrected chi connectivity index (χ3v) is 6.12. The Bertz CT molecular complexity index is 692. The van der Waals surface area contributed by atoms with Crippen LogP contribution in [0.1, 0.15) is 46.1 Å². The molecular weight excluding hydrogens is 365 g/mol. The summed E-state index contributed by atoms with van der Waals surface area (Å²) < 4.78 is 27.5. The van der Waals surface area contributed by atoms with Crippen LogP contribution in [0.15, 0.2) is 30.0 Å². The Morgan fingerprint density at radius 1 is 1.22 bits per heavy atom. The monoisotopic (exact) mass is 394 g/mol. The van der Waals surface area contributed by atoms with Crippen LogP contribution in [0.25, 0.3) is 5.57 Å². The quantitative estimate of drug-likeness (QED) is 0.782. The van der Waals surface area contributed by atoms with Crippen LogP contribution in [0, 0.1) is 0 Å². The molecule has 2 saturated heterocycles. The first kappa shape index (κ1) is 20.8. The van der Waals surface area contributed by atoms with Crippen molar-refractivity contribution < 1.29 is 13.7 Å². The molecule has 0 saturated carbocycles. The van der Waals surface area contributed by atoms with E-state index in [4.69, 9.17) is 26.6 Å². The van der Waals surface area contributed by atoms with Gasteiger partial charge in [-0.3, -0.25) is 4.90 Å². The number of benzene rings is 1. The lowest BCUT2D eigenvalue weighted by Gasteiger charge is -2.32. The minimum atomic E-state index is -1.01. The van der Waals surface area contributed by atoms with Gasteiger partial charge < -0.3 is 15.0 Å². The summed E-state index contributed by atoms with van der Waals surface area (Å²) in [6.07, 6.45) is 2.03. The van der Waals surface area contributed by atoms with Crippen LogP contribution < -0.4 is 5.73 Å². The highest BCUT2D eigenvalue weighted by molar-refractivity contribution is 6.55. The predicted molar refractivity (Wildman–Crippen MR) is 109 cm³/mol. The highest BCUT2D eigenvalue weighted by Crippen LogP contribution is 2.40. The zero-order valence-electron chi connectivity index (χ0n) is 16.6. The minimum absolute atomic E-state index is 0.130. The molecule has 4 nitrogen and oxygen atoms in total. The molecule has 2 fully saturated rings. The molecule has 2 N–H and O–H groups in total. The average Bonchev–Trinajstić information content (AvgIpc) is 2.81.